The summed E-state index contributed by atoms with van der Waals surface area (Å²) in [4.78, 5) is 24.6. The van der Waals surface area contributed by atoms with Crippen molar-refractivity contribution in [1.29, 1.82) is 0 Å². The van der Waals surface area contributed by atoms with Crippen LogP contribution in [0.1, 0.15) is 28.4 Å². The largest absolute Gasteiger partial charge is 0.493 e. The van der Waals surface area contributed by atoms with Gasteiger partial charge in [0.2, 0.25) is 0 Å². The summed E-state index contributed by atoms with van der Waals surface area (Å²) in [5.41, 5.74) is 1.09. The van der Waals surface area contributed by atoms with Crippen molar-refractivity contribution in [1.82, 2.24) is 0 Å². The van der Waals surface area contributed by atoms with Crippen molar-refractivity contribution in [3.05, 3.63) is 57.1 Å². The number of hydrogen-bond acceptors (Lipinski definition) is 4. The van der Waals surface area contributed by atoms with E-state index < -0.39 is 0 Å². The summed E-state index contributed by atoms with van der Waals surface area (Å²) < 4.78 is 10.6. The third-order valence-corrected chi connectivity index (χ3v) is 4.02. The molecule has 0 N–H and O–H groups in total. The van der Waals surface area contributed by atoms with Gasteiger partial charge in [0.05, 0.1) is 24.8 Å². The van der Waals surface area contributed by atoms with Crippen LogP contribution in [0.15, 0.2) is 30.3 Å². The summed E-state index contributed by atoms with van der Waals surface area (Å²) in [6, 6.07) is 7.96. The Morgan fingerprint density at radius 2 is 1.75 bits per heavy atom. The van der Waals surface area contributed by atoms with Crippen LogP contribution >= 0.6 is 23.2 Å². The fourth-order valence-corrected chi connectivity index (χ4v) is 2.93. The van der Waals surface area contributed by atoms with E-state index in [0.717, 1.165) is 0 Å². The van der Waals surface area contributed by atoms with E-state index in [1.165, 1.54) is 27.2 Å². The molecule has 0 amide bonds. The highest BCUT2D eigenvalue weighted by atomic mass is 35.5. The SMILES string of the molecule is COc1ccc(CC(C)=O)c(C(=O)c2ccc(Cl)cc2Cl)c1OC. The zero-order chi connectivity index (χ0) is 17.9. The predicted octanol–water partition coefficient (Wildman–Crippen LogP) is 4.37. The van der Waals surface area contributed by atoms with Gasteiger partial charge in [-0.3, -0.25) is 9.59 Å². The molecule has 0 heterocycles. The lowest BCUT2D eigenvalue weighted by Gasteiger charge is -2.16. The van der Waals surface area contributed by atoms with Crippen molar-refractivity contribution < 1.29 is 19.1 Å². The van der Waals surface area contributed by atoms with Crippen LogP contribution < -0.4 is 9.47 Å². The second-order valence-electron chi connectivity index (χ2n) is 5.17. The number of hydrogen-bond donors (Lipinski definition) is 0. The maximum absolute atomic E-state index is 13.1. The van der Waals surface area contributed by atoms with E-state index in [-0.39, 0.29) is 39.9 Å². The maximum atomic E-state index is 13.1. The van der Waals surface area contributed by atoms with E-state index in [2.05, 4.69) is 0 Å². The number of ether oxygens (including phenoxy) is 2. The topological polar surface area (TPSA) is 52.6 Å². The van der Waals surface area contributed by atoms with Crippen LogP contribution in [-0.2, 0) is 11.2 Å². The van der Waals surface area contributed by atoms with Gasteiger partial charge in [0.25, 0.3) is 0 Å². The average Bonchev–Trinajstić information content (AvgIpc) is 2.53. The fourth-order valence-electron chi connectivity index (χ4n) is 2.44. The van der Waals surface area contributed by atoms with Crippen LogP contribution in [0.5, 0.6) is 11.5 Å². The molecular weight excluding hydrogens is 351 g/mol. The molecular formula is C18H16Cl2O4. The first-order chi connectivity index (χ1) is 11.4. The van der Waals surface area contributed by atoms with Crippen LogP contribution in [0.2, 0.25) is 10.0 Å². The Balaban J connectivity index is 2.68. The van der Waals surface area contributed by atoms with Crippen molar-refractivity contribution in [2.75, 3.05) is 14.2 Å². The van der Waals surface area contributed by atoms with Crippen LogP contribution in [0.25, 0.3) is 0 Å². The second-order valence-corrected chi connectivity index (χ2v) is 6.01. The van der Waals surface area contributed by atoms with Gasteiger partial charge in [-0.15, -0.1) is 0 Å². The number of ketones is 2. The van der Waals surface area contributed by atoms with Crippen molar-refractivity contribution in [2.24, 2.45) is 0 Å². The zero-order valence-electron chi connectivity index (χ0n) is 13.5. The molecule has 126 valence electrons. The molecule has 0 radical (unpaired) electrons. The molecule has 24 heavy (non-hydrogen) atoms. The van der Waals surface area contributed by atoms with E-state index in [0.29, 0.717) is 16.3 Å². The van der Waals surface area contributed by atoms with E-state index in [1.807, 2.05) is 0 Å². The van der Waals surface area contributed by atoms with Gasteiger partial charge < -0.3 is 9.47 Å². The Hall–Kier alpha value is -2.04. The average molecular weight is 367 g/mol. The van der Waals surface area contributed by atoms with Crippen LogP contribution in [0, 0.1) is 0 Å². The summed E-state index contributed by atoms with van der Waals surface area (Å²) in [6.45, 7) is 1.46. The van der Waals surface area contributed by atoms with Gasteiger partial charge in [-0.25, -0.2) is 0 Å². The predicted molar refractivity (Wildman–Crippen MR) is 93.8 cm³/mol. The van der Waals surface area contributed by atoms with Gasteiger partial charge in [0.1, 0.15) is 5.78 Å². The van der Waals surface area contributed by atoms with Gasteiger partial charge in [-0.1, -0.05) is 29.3 Å². The first kappa shape index (κ1) is 18.3. The van der Waals surface area contributed by atoms with Crippen molar-refractivity contribution >= 4 is 34.8 Å². The number of halogens is 2. The molecule has 0 aliphatic carbocycles. The molecule has 0 fully saturated rings. The van der Waals surface area contributed by atoms with Crippen LogP contribution in [0.4, 0.5) is 0 Å². The summed E-state index contributed by atoms with van der Waals surface area (Å²) >= 11 is 12.0. The monoisotopic (exact) mass is 366 g/mol. The molecule has 0 bridgehead atoms. The second kappa shape index (κ2) is 7.69. The fraction of sp³-hybridized carbons (Fsp3) is 0.222. The molecule has 2 aromatic carbocycles. The minimum atomic E-state index is -0.358. The summed E-state index contributed by atoms with van der Waals surface area (Å²) in [5, 5.41) is 0.657. The van der Waals surface area contributed by atoms with E-state index >= 15 is 0 Å². The third-order valence-electron chi connectivity index (χ3n) is 3.47. The van der Waals surface area contributed by atoms with Crippen molar-refractivity contribution in [3.63, 3.8) is 0 Å². The highest BCUT2D eigenvalue weighted by molar-refractivity contribution is 6.37. The third kappa shape index (κ3) is 3.71. The first-order valence-corrected chi connectivity index (χ1v) is 7.87. The van der Waals surface area contributed by atoms with Crippen molar-refractivity contribution in [2.45, 2.75) is 13.3 Å². The number of carbonyl (C=O) groups excluding carboxylic acids is 2. The summed E-state index contributed by atoms with van der Waals surface area (Å²) in [7, 11) is 2.92. The van der Waals surface area contributed by atoms with Gasteiger partial charge in [-0.2, -0.15) is 0 Å². The van der Waals surface area contributed by atoms with Crippen LogP contribution in [-0.4, -0.2) is 25.8 Å². The Morgan fingerprint density at radius 3 is 2.29 bits per heavy atom. The molecule has 0 saturated carbocycles. The van der Waals surface area contributed by atoms with Gasteiger partial charge >= 0.3 is 0 Å². The maximum Gasteiger partial charge on any atom is 0.198 e. The van der Waals surface area contributed by atoms with Gasteiger partial charge in [0.15, 0.2) is 17.3 Å². The molecule has 0 spiro atoms. The first-order valence-electron chi connectivity index (χ1n) is 7.12. The molecule has 2 aromatic rings. The Kier molecular flexibility index (Phi) is 5.86. The zero-order valence-corrected chi connectivity index (χ0v) is 15.0. The Bertz CT molecular complexity index is 800. The Morgan fingerprint density at radius 1 is 1.04 bits per heavy atom. The minimum Gasteiger partial charge on any atom is -0.493 e. The lowest BCUT2D eigenvalue weighted by Crippen LogP contribution is -2.11. The molecule has 6 heteroatoms. The highest BCUT2D eigenvalue weighted by Crippen LogP contribution is 2.36. The molecule has 0 atom stereocenters. The lowest BCUT2D eigenvalue weighted by molar-refractivity contribution is -0.116. The molecule has 0 saturated heterocycles. The molecule has 2 rings (SSSR count). The number of benzene rings is 2. The summed E-state index contributed by atoms with van der Waals surface area (Å²) in [6.07, 6.45) is 0.104. The van der Waals surface area contributed by atoms with E-state index in [1.54, 1.807) is 24.3 Å². The highest BCUT2D eigenvalue weighted by Gasteiger charge is 2.24. The number of rotatable bonds is 6. The van der Waals surface area contributed by atoms with E-state index in [4.69, 9.17) is 32.7 Å². The minimum absolute atomic E-state index is 0.0709. The number of methoxy groups -OCH3 is 2. The smallest absolute Gasteiger partial charge is 0.198 e. The standard InChI is InChI=1S/C18H16Cl2O4/c1-10(21)8-11-4-7-15(23-2)18(24-3)16(11)17(22)13-6-5-12(19)9-14(13)20/h4-7,9H,8H2,1-3H3. The molecule has 0 aliphatic rings. The van der Waals surface area contributed by atoms with Crippen LogP contribution in [0.3, 0.4) is 0 Å². The molecule has 0 unspecified atom stereocenters. The molecule has 4 nitrogen and oxygen atoms in total. The number of Topliss-reactive ketones (excluding diaryl/α,β-unsaturated/α-hetero) is 1. The molecule has 0 aromatic heterocycles. The number of carbonyl (C=O) groups is 2. The summed E-state index contributed by atoms with van der Waals surface area (Å²) in [5.74, 6) is 0.243. The normalized spacial score (nSPS) is 10.4. The molecule has 0 aliphatic heterocycles. The van der Waals surface area contributed by atoms with Gasteiger partial charge in [-0.05, 0) is 36.8 Å². The quantitative estimate of drug-likeness (QED) is 0.712. The van der Waals surface area contributed by atoms with Gasteiger partial charge in [0, 0.05) is 17.0 Å². The van der Waals surface area contributed by atoms with Crippen molar-refractivity contribution in [3.8, 4) is 11.5 Å². The Labute approximate surface area is 150 Å². The van der Waals surface area contributed by atoms with E-state index in [9.17, 15) is 9.59 Å². The lowest BCUT2D eigenvalue weighted by atomic mass is 9.94.